The van der Waals surface area contributed by atoms with Gasteiger partial charge in [0.15, 0.2) is 0 Å². The smallest absolute Gasteiger partial charge is 0.313 e. The Kier molecular flexibility index (Phi) is 8.39. The van der Waals surface area contributed by atoms with Gasteiger partial charge in [0.1, 0.15) is 11.5 Å². The molecule has 8 nitrogen and oxygen atoms in total. The van der Waals surface area contributed by atoms with Gasteiger partial charge >= 0.3 is 11.8 Å². The fourth-order valence-corrected chi connectivity index (χ4v) is 4.28. The number of sulfonamides is 1. The van der Waals surface area contributed by atoms with Gasteiger partial charge in [0.2, 0.25) is 10.0 Å². The van der Waals surface area contributed by atoms with Gasteiger partial charge in [-0.1, -0.05) is 30.3 Å². The summed E-state index contributed by atoms with van der Waals surface area (Å²) in [6.07, 6.45) is 0.447. The topological polar surface area (TPSA) is 114 Å². The number of para-hydroxylation sites is 1. The van der Waals surface area contributed by atoms with E-state index in [9.17, 15) is 18.0 Å². The molecule has 0 saturated carbocycles. The second kappa shape index (κ2) is 11.4. The lowest BCUT2D eigenvalue weighted by molar-refractivity contribution is -0.136. The van der Waals surface area contributed by atoms with Crippen LogP contribution in [0.4, 0.5) is 5.69 Å². The summed E-state index contributed by atoms with van der Waals surface area (Å²) in [6, 6.07) is 22.2. The predicted octanol–water partition coefficient (Wildman–Crippen LogP) is 3.46. The first-order chi connectivity index (χ1) is 16.2. The minimum Gasteiger partial charge on any atom is -0.457 e. The van der Waals surface area contributed by atoms with Gasteiger partial charge in [-0.2, -0.15) is 0 Å². The van der Waals surface area contributed by atoms with Crippen molar-refractivity contribution in [3.05, 3.63) is 84.4 Å². The number of anilines is 1. The van der Waals surface area contributed by atoms with Gasteiger partial charge in [-0.05, 0) is 74.4 Å². The second-order valence-electron chi connectivity index (χ2n) is 7.82. The summed E-state index contributed by atoms with van der Waals surface area (Å²) in [7, 11) is -3.55. The van der Waals surface area contributed by atoms with Crippen molar-refractivity contribution in [1.29, 1.82) is 0 Å². The van der Waals surface area contributed by atoms with Crippen LogP contribution >= 0.6 is 0 Å². The average Bonchev–Trinajstić information content (AvgIpc) is 2.80. The van der Waals surface area contributed by atoms with Gasteiger partial charge in [0.25, 0.3) is 0 Å². The Morgan fingerprint density at radius 1 is 0.824 bits per heavy atom. The summed E-state index contributed by atoms with van der Waals surface area (Å²) in [5.74, 6) is -0.238. The van der Waals surface area contributed by atoms with Crippen LogP contribution in [0, 0.1) is 0 Å². The van der Waals surface area contributed by atoms with Gasteiger partial charge in [0, 0.05) is 18.3 Å². The Morgan fingerprint density at radius 2 is 1.44 bits per heavy atom. The van der Waals surface area contributed by atoms with Crippen molar-refractivity contribution < 1.29 is 22.7 Å². The Bertz CT molecular complexity index is 1210. The zero-order valence-electron chi connectivity index (χ0n) is 18.9. The fraction of sp³-hybridized carbons (Fsp3) is 0.200. The SMILES string of the molecule is CC(C)NS(=O)(=O)c1ccc(CCNC(=O)C(=O)Nc2ccc(Oc3ccccc3)cc2)cc1. The molecule has 0 aliphatic rings. The van der Waals surface area contributed by atoms with Crippen LogP contribution in [0.1, 0.15) is 19.4 Å². The fourth-order valence-electron chi connectivity index (χ4n) is 3.03. The van der Waals surface area contributed by atoms with Gasteiger partial charge in [0.05, 0.1) is 4.90 Å². The molecule has 0 aromatic heterocycles. The molecule has 0 spiro atoms. The molecule has 3 aromatic carbocycles. The molecule has 0 unspecified atom stereocenters. The summed E-state index contributed by atoms with van der Waals surface area (Å²) >= 11 is 0. The summed E-state index contributed by atoms with van der Waals surface area (Å²) in [5, 5.41) is 5.10. The van der Waals surface area contributed by atoms with E-state index in [1.54, 1.807) is 50.2 Å². The molecule has 0 heterocycles. The Morgan fingerprint density at radius 3 is 2.06 bits per heavy atom. The monoisotopic (exact) mass is 481 g/mol. The summed E-state index contributed by atoms with van der Waals surface area (Å²) in [5.41, 5.74) is 1.30. The maximum atomic E-state index is 12.2. The van der Waals surface area contributed by atoms with Crippen LogP contribution in [0.25, 0.3) is 0 Å². The molecule has 34 heavy (non-hydrogen) atoms. The number of hydrogen-bond acceptors (Lipinski definition) is 5. The molecule has 9 heteroatoms. The lowest BCUT2D eigenvalue weighted by atomic mass is 10.1. The van der Waals surface area contributed by atoms with E-state index in [0.29, 0.717) is 23.6 Å². The third-order valence-electron chi connectivity index (χ3n) is 4.62. The van der Waals surface area contributed by atoms with Crippen LogP contribution in [-0.2, 0) is 26.0 Å². The number of hydrogen-bond donors (Lipinski definition) is 3. The summed E-state index contributed by atoms with van der Waals surface area (Å²) < 4.78 is 32.5. The molecule has 0 aliphatic heterocycles. The van der Waals surface area contributed by atoms with Crippen molar-refractivity contribution in [2.75, 3.05) is 11.9 Å². The first kappa shape index (κ1) is 24.9. The minimum atomic E-state index is -3.55. The van der Waals surface area contributed by atoms with Crippen molar-refractivity contribution >= 4 is 27.5 Å². The highest BCUT2D eigenvalue weighted by Crippen LogP contribution is 2.22. The zero-order chi connectivity index (χ0) is 24.6. The quantitative estimate of drug-likeness (QED) is 0.405. The molecular formula is C25H27N3O5S. The average molecular weight is 482 g/mol. The number of carbonyl (C=O) groups excluding carboxylic acids is 2. The van der Waals surface area contributed by atoms with Crippen molar-refractivity contribution in [1.82, 2.24) is 10.0 Å². The molecule has 3 aromatic rings. The zero-order valence-corrected chi connectivity index (χ0v) is 19.8. The normalized spacial score (nSPS) is 11.1. The minimum absolute atomic E-state index is 0.175. The molecule has 0 fully saturated rings. The highest BCUT2D eigenvalue weighted by Gasteiger charge is 2.16. The van der Waals surface area contributed by atoms with E-state index >= 15 is 0 Å². The predicted molar refractivity (Wildman–Crippen MR) is 130 cm³/mol. The van der Waals surface area contributed by atoms with Gasteiger partial charge in [-0.3, -0.25) is 9.59 Å². The van der Waals surface area contributed by atoms with E-state index in [4.69, 9.17) is 4.74 Å². The molecule has 0 radical (unpaired) electrons. The maximum Gasteiger partial charge on any atom is 0.313 e. The standard InChI is InChI=1S/C25H27N3O5S/c1-18(2)28-34(31,32)23-14-8-19(9-15-23)16-17-26-24(29)25(30)27-20-10-12-22(13-11-20)33-21-6-4-3-5-7-21/h3-15,18,28H,16-17H2,1-2H3,(H,26,29)(H,27,30). The number of carbonyl (C=O) groups is 2. The van der Waals surface area contributed by atoms with Crippen molar-refractivity contribution in [2.45, 2.75) is 31.2 Å². The number of amides is 2. The maximum absolute atomic E-state index is 12.2. The van der Waals surface area contributed by atoms with E-state index in [0.717, 1.165) is 5.56 Å². The van der Waals surface area contributed by atoms with Crippen molar-refractivity contribution in [3.8, 4) is 11.5 Å². The lowest BCUT2D eigenvalue weighted by Crippen LogP contribution is -2.36. The van der Waals surface area contributed by atoms with E-state index < -0.39 is 21.8 Å². The molecule has 0 saturated heterocycles. The number of benzene rings is 3. The highest BCUT2D eigenvalue weighted by molar-refractivity contribution is 7.89. The van der Waals surface area contributed by atoms with Gasteiger partial charge < -0.3 is 15.4 Å². The molecule has 0 atom stereocenters. The largest absolute Gasteiger partial charge is 0.457 e. The van der Waals surface area contributed by atoms with Gasteiger partial charge in [-0.25, -0.2) is 13.1 Å². The molecule has 0 aliphatic carbocycles. The van der Waals surface area contributed by atoms with E-state index in [2.05, 4.69) is 15.4 Å². The molecule has 2 amide bonds. The first-order valence-electron chi connectivity index (χ1n) is 10.8. The summed E-state index contributed by atoms with van der Waals surface area (Å²) in [4.78, 5) is 24.4. The van der Waals surface area contributed by atoms with Crippen LogP contribution in [-0.4, -0.2) is 32.8 Å². The summed E-state index contributed by atoms with van der Waals surface area (Å²) in [6.45, 7) is 3.73. The molecule has 0 bridgehead atoms. The van der Waals surface area contributed by atoms with Crippen molar-refractivity contribution in [3.63, 3.8) is 0 Å². The van der Waals surface area contributed by atoms with Crippen LogP contribution in [0.5, 0.6) is 11.5 Å². The highest BCUT2D eigenvalue weighted by atomic mass is 32.2. The Labute approximate surface area is 199 Å². The molecular weight excluding hydrogens is 454 g/mol. The number of nitrogens with one attached hydrogen (secondary N) is 3. The van der Waals surface area contributed by atoms with E-state index in [-0.39, 0.29) is 17.5 Å². The third kappa shape index (κ3) is 7.43. The third-order valence-corrected chi connectivity index (χ3v) is 6.30. The lowest BCUT2D eigenvalue weighted by Gasteiger charge is -2.10. The van der Waals surface area contributed by atoms with E-state index in [1.807, 2.05) is 30.3 Å². The van der Waals surface area contributed by atoms with E-state index in [1.165, 1.54) is 12.1 Å². The van der Waals surface area contributed by atoms with Crippen LogP contribution in [0.3, 0.4) is 0 Å². The van der Waals surface area contributed by atoms with Crippen molar-refractivity contribution in [2.24, 2.45) is 0 Å². The second-order valence-corrected chi connectivity index (χ2v) is 9.53. The van der Waals surface area contributed by atoms with Crippen LogP contribution in [0.15, 0.2) is 83.8 Å². The number of rotatable bonds is 9. The van der Waals surface area contributed by atoms with Gasteiger partial charge in [-0.15, -0.1) is 0 Å². The van der Waals surface area contributed by atoms with Crippen LogP contribution in [0.2, 0.25) is 0 Å². The molecule has 3 rings (SSSR count). The Hall–Kier alpha value is -3.69. The Balaban J connectivity index is 1.44. The van der Waals surface area contributed by atoms with Crippen LogP contribution < -0.4 is 20.1 Å². The first-order valence-corrected chi connectivity index (χ1v) is 12.2. The number of ether oxygens (including phenoxy) is 1. The molecule has 178 valence electrons. The molecule has 3 N–H and O–H groups in total.